The molecule has 1 aromatic rings. The predicted molar refractivity (Wildman–Crippen MR) is 46.5 cm³/mol. The summed E-state index contributed by atoms with van der Waals surface area (Å²) in [6, 6.07) is 4.24. The second-order valence-electron chi connectivity index (χ2n) is 2.83. The molecule has 1 unspecified atom stereocenters. The van der Waals surface area contributed by atoms with Crippen LogP contribution in [0, 0.1) is 5.82 Å². The number of hydrogen-bond acceptors (Lipinski definition) is 1. The predicted octanol–water partition coefficient (Wildman–Crippen LogP) is 2.68. The van der Waals surface area contributed by atoms with Crippen LogP contribution in [0.4, 0.5) is 13.2 Å². The highest BCUT2D eigenvalue weighted by Crippen LogP contribution is 2.31. The van der Waals surface area contributed by atoms with Crippen LogP contribution in [0.1, 0.15) is 11.7 Å². The zero-order valence-corrected chi connectivity index (χ0v) is 7.25. The number of alkyl halides is 2. The van der Waals surface area contributed by atoms with Gasteiger partial charge >= 0.3 is 0 Å². The Morgan fingerprint density at radius 2 is 1.79 bits per heavy atom. The third-order valence-electron chi connectivity index (χ3n) is 1.82. The van der Waals surface area contributed by atoms with Gasteiger partial charge in [0.15, 0.2) is 0 Å². The van der Waals surface area contributed by atoms with Crippen molar-refractivity contribution in [2.24, 2.45) is 0 Å². The highest BCUT2D eigenvalue weighted by molar-refractivity contribution is 5.21. The second-order valence-corrected chi connectivity index (χ2v) is 2.83. The molecule has 0 saturated carbocycles. The lowest BCUT2D eigenvalue weighted by Crippen LogP contribution is -2.23. The first-order valence-electron chi connectivity index (χ1n) is 3.92. The van der Waals surface area contributed by atoms with E-state index in [1.807, 2.05) is 0 Å². The molecule has 0 aliphatic heterocycles. The van der Waals surface area contributed by atoms with Crippen LogP contribution in [0.5, 0.6) is 0 Å². The molecule has 0 aromatic heterocycles. The minimum absolute atomic E-state index is 0.0451. The van der Waals surface area contributed by atoms with Crippen molar-refractivity contribution in [1.82, 2.24) is 0 Å². The lowest BCUT2D eigenvalue weighted by atomic mass is 10.0. The first kappa shape index (κ1) is 10.8. The van der Waals surface area contributed by atoms with E-state index in [1.165, 1.54) is 0 Å². The van der Waals surface area contributed by atoms with Gasteiger partial charge in [0.25, 0.3) is 5.92 Å². The van der Waals surface area contributed by atoms with E-state index in [0.29, 0.717) is 6.08 Å². The molecular weight excluding hydrogens is 193 g/mol. The van der Waals surface area contributed by atoms with Crippen LogP contribution in [0.3, 0.4) is 0 Å². The van der Waals surface area contributed by atoms with Crippen molar-refractivity contribution in [3.8, 4) is 0 Å². The van der Waals surface area contributed by atoms with Crippen LogP contribution in [-0.4, -0.2) is 11.0 Å². The molecule has 14 heavy (non-hydrogen) atoms. The number of benzene rings is 1. The molecule has 1 atom stereocenters. The van der Waals surface area contributed by atoms with Gasteiger partial charge < -0.3 is 5.11 Å². The minimum atomic E-state index is -3.40. The third-order valence-corrected chi connectivity index (χ3v) is 1.82. The lowest BCUT2D eigenvalue weighted by Gasteiger charge is -2.18. The Balaban J connectivity index is 2.95. The molecule has 0 fully saturated rings. The largest absolute Gasteiger partial charge is 0.382 e. The maximum atomic E-state index is 12.9. The summed E-state index contributed by atoms with van der Waals surface area (Å²) in [5.41, 5.74) is -0.0451. The second kappa shape index (κ2) is 3.84. The fourth-order valence-electron chi connectivity index (χ4n) is 0.979. The van der Waals surface area contributed by atoms with Crippen LogP contribution in [0.25, 0.3) is 0 Å². The molecule has 0 spiro atoms. The molecule has 1 N–H and O–H groups in total. The summed E-state index contributed by atoms with van der Waals surface area (Å²) in [5.74, 6) is -3.94. The summed E-state index contributed by atoms with van der Waals surface area (Å²) in [6.45, 7) is 2.91. The highest BCUT2D eigenvalue weighted by Gasteiger charge is 2.35. The van der Waals surface area contributed by atoms with Gasteiger partial charge in [-0.3, -0.25) is 0 Å². The van der Waals surface area contributed by atoms with E-state index in [9.17, 15) is 18.3 Å². The molecule has 1 rings (SSSR count). The summed E-state index contributed by atoms with van der Waals surface area (Å²) in [7, 11) is 0. The highest BCUT2D eigenvalue weighted by atomic mass is 19.3. The molecule has 0 heterocycles. The van der Waals surface area contributed by atoms with Gasteiger partial charge in [0.05, 0.1) is 0 Å². The van der Waals surface area contributed by atoms with Gasteiger partial charge in [0, 0.05) is 0 Å². The first-order valence-corrected chi connectivity index (χ1v) is 3.92. The van der Waals surface area contributed by atoms with E-state index in [2.05, 4.69) is 6.58 Å². The Morgan fingerprint density at radius 1 is 1.29 bits per heavy atom. The van der Waals surface area contributed by atoms with E-state index in [-0.39, 0.29) is 5.56 Å². The van der Waals surface area contributed by atoms with Gasteiger partial charge in [-0.05, 0) is 23.8 Å². The number of aliphatic hydroxyl groups excluding tert-OH is 1. The zero-order chi connectivity index (χ0) is 10.8. The Hall–Kier alpha value is -1.29. The number of aliphatic hydroxyl groups is 1. The quantitative estimate of drug-likeness (QED) is 0.747. The van der Waals surface area contributed by atoms with Gasteiger partial charge in [-0.15, -0.1) is 0 Å². The maximum Gasteiger partial charge on any atom is 0.295 e. The van der Waals surface area contributed by atoms with Gasteiger partial charge in [0.1, 0.15) is 11.9 Å². The normalized spacial score (nSPS) is 13.7. The average molecular weight is 202 g/mol. The van der Waals surface area contributed by atoms with Crippen LogP contribution in [-0.2, 0) is 0 Å². The summed E-state index contributed by atoms with van der Waals surface area (Å²) in [5, 5.41) is 9.20. The lowest BCUT2D eigenvalue weighted by molar-refractivity contribution is -0.0712. The van der Waals surface area contributed by atoms with Gasteiger partial charge in [-0.1, -0.05) is 18.7 Å². The van der Waals surface area contributed by atoms with E-state index in [1.54, 1.807) is 0 Å². The van der Waals surface area contributed by atoms with Crippen molar-refractivity contribution in [3.05, 3.63) is 48.3 Å². The van der Waals surface area contributed by atoms with Crippen molar-refractivity contribution in [1.29, 1.82) is 0 Å². The summed E-state index contributed by atoms with van der Waals surface area (Å²) in [6.07, 6.45) is -1.62. The summed E-state index contributed by atoms with van der Waals surface area (Å²) < 4.78 is 38.2. The Kier molecular flexibility index (Phi) is 2.96. The summed E-state index contributed by atoms with van der Waals surface area (Å²) >= 11 is 0. The number of hydrogen-bond donors (Lipinski definition) is 1. The van der Waals surface area contributed by atoms with E-state index >= 15 is 0 Å². The zero-order valence-electron chi connectivity index (χ0n) is 7.25. The minimum Gasteiger partial charge on any atom is -0.382 e. The van der Waals surface area contributed by atoms with Crippen LogP contribution >= 0.6 is 0 Å². The molecule has 1 nitrogen and oxygen atoms in total. The molecule has 4 heteroatoms. The van der Waals surface area contributed by atoms with Gasteiger partial charge in [0.2, 0.25) is 0 Å². The molecule has 0 saturated heterocycles. The van der Waals surface area contributed by atoms with Crippen molar-refractivity contribution in [2.45, 2.75) is 12.0 Å². The molecule has 0 radical (unpaired) electrons. The smallest absolute Gasteiger partial charge is 0.295 e. The fourth-order valence-corrected chi connectivity index (χ4v) is 0.979. The average Bonchev–Trinajstić information content (AvgIpc) is 2.18. The monoisotopic (exact) mass is 202 g/mol. The molecule has 76 valence electrons. The molecule has 0 aliphatic carbocycles. The standard InChI is InChI=1S/C10H9F3O/c1-2-10(12,13)9(14)7-3-5-8(11)6-4-7/h2-6,9,14H,1H2. The van der Waals surface area contributed by atoms with E-state index in [4.69, 9.17) is 0 Å². The van der Waals surface area contributed by atoms with Crippen molar-refractivity contribution in [3.63, 3.8) is 0 Å². The Labute approximate surface area is 79.5 Å². The fraction of sp³-hybridized carbons (Fsp3) is 0.200. The molecule has 1 aromatic carbocycles. The molecule has 0 aliphatic rings. The first-order chi connectivity index (χ1) is 6.47. The maximum absolute atomic E-state index is 12.9. The molecule has 0 bridgehead atoms. The van der Waals surface area contributed by atoms with Crippen LogP contribution in [0.2, 0.25) is 0 Å². The van der Waals surface area contributed by atoms with Crippen molar-refractivity contribution < 1.29 is 18.3 Å². The number of rotatable bonds is 3. The third kappa shape index (κ3) is 2.14. The van der Waals surface area contributed by atoms with Gasteiger partial charge in [-0.2, -0.15) is 8.78 Å². The molecular formula is C10H9F3O. The van der Waals surface area contributed by atoms with E-state index in [0.717, 1.165) is 24.3 Å². The van der Waals surface area contributed by atoms with E-state index < -0.39 is 17.8 Å². The number of halogens is 3. The summed E-state index contributed by atoms with van der Waals surface area (Å²) in [4.78, 5) is 0. The Bertz CT molecular complexity index is 319. The topological polar surface area (TPSA) is 20.2 Å². The SMILES string of the molecule is C=CC(F)(F)C(O)c1ccc(F)cc1. The van der Waals surface area contributed by atoms with Crippen LogP contribution < -0.4 is 0 Å². The van der Waals surface area contributed by atoms with Crippen molar-refractivity contribution in [2.75, 3.05) is 0 Å². The van der Waals surface area contributed by atoms with Crippen molar-refractivity contribution >= 4 is 0 Å². The Morgan fingerprint density at radius 3 is 2.21 bits per heavy atom. The van der Waals surface area contributed by atoms with Crippen LogP contribution in [0.15, 0.2) is 36.9 Å². The molecule has 0 amide bonds. The van der Waals surface area contributed by atoms with Gasteiger partial charge in [-0.25, -0.2) is 4.39 Å².